The van der Waals surface area contributed by atoms with Gasteiger partial charge in [0.1, 0.15) is 0 Å². The summed E-state index contributed by atoms with van der Waals surface area (Å²) < 4.78 is 4.53. The van der Waals surface area contributed by atoms with Crippen LogP contribution < -0.4 is 20.2 Å². The van der Waals surface area contributed by atoms with Crippen LogP contribution >= 0.6 is 22.9 Å². The van der Waals surface area contributed by atoms with E-state index in [2.05, 4.69) is 54.9 Å². The zero-order chi connectivity index (χ0) is 33.5. The van der Waals surface area contributed by atoms with Crippen LogP contribution in [0, 0.1) is 6.92 Å². The minimum atomic E-state index is -0.638. The van der Waals surface area contributed by atoms with E-state index in [4.69, 9.17) is 16.6 Å². The van der Waals surface area contributed by atoms with E-state index in [9.17, 15) is 9.59 Å². The van der Waals surface area contributed by atoms with Crippen LogP contribution in [0.4, 0.5) is 5.69 Å². The molecule has 240 valence electrons. The number of anilines is 1. The Morgan fingerprint density at radius 3 is 2.33 bits per heavy atom. The van der Waals surface area contributed by atoms with Crippen LogP contribution in [0.5, 0.6) is 0 Å². The summed E-state index contributed by atoms with van der Waals surface area (Å²) in [4.78, 5) is 33.9. The number of allylic oxidation sites excluding steroid dienone is 1. The van der Waals surface area contributed by atoms with E-state index in [-0.39, 0.29) is 11.5 Å². The third-order valence-corrected chi connectivity index (χ3v) is 10.3. The maximum atomic E-state index is 14.5. The maximum absolute atomic E-state index is 14.5. The lowest BCUT2D eigenvalue weighted by Gasteiger charge is -2.25. The molecule has 1 aliphatic heterocycles. The number of carbonyl (C=O) groups excluding carboxylic acids is 1. The lowest BCUT2D eigenvalue weighted by molar-refractivity contribution is -0.113. The fourth-order valence-corrected chi connectivity index (χ4v) is 7.61. The highest BCUT2D eigenvalue weighted by molar-refractivity contribution is 7.07. The topological polar surface area (TPSA) is 68.4 Å². The number of amides is 1. The van der Waals surface area contributed by atoms with E-state index < -0.39 is 6.04 Å². The van der Waals surface area contributed by atoms with Crippen LogP contribution in [-0.2, 0) is 11.3 Å². The second-order valence-electron chi connectivity index (χ2n) is 12.5. The molecule has 1 atom stereocenters. The summed E-state index contributed by atoms with van der Waals surface area (Å²) in [7, 11) is 0. The van der Waals surface area contributed by atoms with Crippen LogP contribution in [0.2, 0.25) is 5.02 Å². The molecule has 1 N–H and O–H groups in total. The van der Waals surface area contributed by atoms with E-state index >= 15 is 0 Å². The lowest BCUT2D eigenvalue weighted by Crippen LogP contribution is -2.40. The highest BCUT2D eigenvalue weighted by Crippen LogP contribution is 2.32. The van der Waals surface area contributed by atoms with Gasteiger partial charge < -0.3 is 9.88 Å². The van der Waals surface area contributed by atoms with Gasteiger partial charge in [-0.2, -0.15) is 0 Å². The number of nitrogens with one attached hydrogen (secondary N) is 1. The summed E-state index contributed by atoms with van der Waals surface area (Å²) in [5, 5.41) is 4.80. The van der Waals surface area contributed by atoms with Gasteiger partial charge >= 0.3 is 0 Å². The van der Waals surface area contributed by atoms with Gasteiger partial charge in [0.05, 0.1) is 21.8 Å². The maximum Gasteiger partial charge on any atom is 0.271 e. The Bertz CT molecular complexity index is 2380. The van der Waals surface area contributed by atoms with Crippen molar-refractivity contribution in [2.75, 3.05) is 5.32 Å². The van der Waals surface area contributed by atoms with Gasteiger partial charge in [0, 0.05) is 39.4 Å². The first-order chi connectivity index (χ1) is 23.2. The molecule has 6 nitrogen and oxygen atoms in total. The second kappa shape index (κ2) is 12.9. The molecule has 1 amide bonds. The predicted octanol–water partition coefficient (Wildman–Crippen LogP) is 7.96. The molecular weight excluding hydrogens is 636 g/mol. The summed E-state index contributed by atoms with van der Waals surface area (Å²) in [5.74, 6) is 0.0695. The SMILES string of the molecule is CC1=C(C(=O)Nc2ccccc2)[C@H](c2ccc(C(C)C)cc2)n2c(s/c(=C\c3c(C)n(Cc4ccc(Cl)cc4)c4ccccc34)c2=O)=N1. The van der Waals surface area contributed by atoms with Crippen LogP contribution in [0.15, 0.2) is 124 Å². The molecule has 3 heterocycles. The van der Waals surface area contributed by atoms with Gasteiger partial charge in [-0.15, -0.1) is 0 Å². The van der Waals surface area contributed by atoms with E-state index in [1.807, 2.05) is 91.9 Å². The number of carbonyl (C=O) groups is 1. The van der Waals surface area contributed by atoms with Crippen molar-refractivity contribution in [2.24, 2.45) is 4.99 Å². The number of para-hydroxylation sites is 2. The normalized spacial score (nSPS) is 14.8. The number of rotatable bonds is 7. The summed E-state index contributed by atoms with van der Waals surface area (Å²) >= 11 is 7.51. The van der Waals surface area contributed by atoms with E-state index in [1.54, 1.807) is 4.57 Å². The zero-order valence-corrected chi connectivity index (χ0v) is 28.8. The smallest absolute Gasteiger partial charge is 0.271 e. The average molecular weight is 671 g/mol. The van der Waals surface area contributed by atoms with E-state index in [0.29, 0.717) is 43.8 Å². The van der Waals surface area contributed by atoms with Crippen LogP contribution in [0.25, 0.3) is 17.0 Å². The highest BCUT2D eigenvalue weighted by atomic mass is 35.5. The van der Waals surface area contributed by atoms with Gasteiger partial charge in [-0.3, -0.25) is 14.2 Å². The molecule has 6 aromatic rings. The van der Waals surface area contributed by atoms with Crippen molar-refractivity contribution in [2.45, 2.75) is 46.2 Å². The number of hydrogen-bond donors (Lipinski definition) is 1. The molecule has 0 spiro atoms. The number of aromatic nitrogens is 2. The first-order valence-corrected chi connectivity index (χ1v) is 17.2. The standard InChI is InChI=1S/C40H35ClN4O2S/c1-24(2)28-16-18-29(19-17-28)37-36(38(46)43-31-10-6-5-7-11-31)25(3)42-40-45(37)39(47)35(48-40)22-33-26(4)44(34-13-9-8-12-32(33)34)23-27-14-20-30(41)21-15-27/h5-22,24,37H,23H2,1-4H3,(H,43,46)/b35-22-/t37-/m0/s1. The van der Waals surface area contributed by atoms with Crippen molar-refractivity contribution < 1.29 is 4.79 Å². The highest BCUT2D eigenvalue weighted by Gasteiger charge is 2.32. The molecule has 7 rings (SSSR count). The molecular formula is C40H35ClN4O2S. The number of fused-ring (bicyclic) bond motifs is 2. The number of thiazole rings is 1. The van der Waals surface area contributed by atoms with Gasteiger partial charge in [0.25, 0.3) is 11.5 Å². The van der Waals surface area contributed by atoms with Crippen molar-refractivity contribution in [3.05, 3.63) is 167 Å². The molecule has 48 heavy (non-hydrogen) atoms. The van der Waals surface area contributed by atoms with Gasteiger partial charge in [-0.25, -0.2) is 4.99 Å². The number of benzene rings is 4. The second-order valence-corrected chi connectivity index (χ2v) is 13.9. The number of halogens is 1. The molecule has 0 unspecified atom stereocenters. The quantitative estimate of drug-likeness (QED) is 0.187. The van der Waals surface area contributed by atoms with Crippen molar-refractivity contribution in [3.8, 4) is 0 Å². The Kier molecular flexibility index (Phi) is 8.50. The molecule has 8 heteroatoms. The van der Waals surface area contributed by atoms with E-state index in [0.717, 1.165) is 33.3 Å². The lowest BCUT2D eigenvalue weighted by atomic mass is 9.93. The summed E-state index contributed by atoms with van der Waals surface area (Å²) in [6.07, 6.45) is 1.99. The van der Waals surface area contributed by atoms with Crippen molar-refractivity contribution in [3.63, 3.8) is 0 Å². The third-order valence-electron chi connectivity index (χ3n) is 9.03. The molecule has 0 aliphatic carbocycles. The fraction of sp³-hybridized carbons (Fsp3) is 0.175. The zero-order valence-electron chi connectivity index (χ0n) is 27.2. The molecule has 0 saturated heterocycles. The van der Waals surface area contributed by atoms with Crippen molar-refractivity contribution >= 4 is 51.5 Å². The van der Waals surface area contributed by atoms with Gasteiger partial charge in [-0.05, 0) is 72.9 Å². The van der Waals surface area contributed by atoms with Crippen molar-refractivity contribution in [1.82, 2.24) is 9.13 Å². The summed E-state index contributed by atoms with van der Waals surface area (Å²) in [5.41, 5.74) is 7.84. The van der Waals surface area contributed by atoms with Gasteiger partial charge in [-0.1, -0.05) is 110 Å². The molecule has 0 radical (unpaired) electrons. The molecule has 2 aromatic heterocycles. The van der Waals surface area contributed by atoms with Gasteiger partial charge in [0.15, 0.2) is 4.80 Å². The minimum absolute atomic E-state index is 0.178. The fourth-order valence-electron chi connectivity index (χ4n) is 6.46. The molecule has 4 aromatic carbocycles. The Balaban J connectivity index is 1.38. The molecule has 0 bridgehead atoms. The molecule has 0 fully saturated rings. The Labute approximate surface area is 288 Å². The Hall–Kier alpha value is -4.98. The predicted molar refractivity (Wildman–Crippen MR) is 197 cm³/mol. The van der Waals surface area contributed by atoms with Crippen LogP contribution in [-0.4, -0.2) is 15.0 Å². The summed E-state index contributed by atoms with van der Waals surface area (Å²) in [6, 6.07) is 33.1. The largest absolute Gasteiger partial charge is 0.340 e. The first kappa shape index (κ1) is 31.6. The molecule has 0 saturated carbocycles. The third kappa shape index (κ3) is 5.84. The van der Waals surface area contributed by atoms with Gasteiger partial charge in [0.2, 0.25) is 0 Å². The summed E-state index contributed by atoms with van der Waals surface area (Å²) in [6.45, 7) is 8.91. The monoisotopic (exact) mass is 670 g/mol. The first-order valence-electron chi connectivity index (χ1n) is 16.0. The van der Waals surface area contributed by atoms with Crippen LogP contribution in [0.3, 0.4) is 0 Å². The number of nitrogens with zero attached hydrogens (tertiary/aromatic N) is 3. The average Bonchev–Trinajstić information content (AvgIpc) is 3.53. The van der Waals surface area contributed by atoms with Crippen molar-refractivity contribution in [1.29, 1.82) is 0 Å². The number of hydrogen-bond acceptors (Lipinski definition) is 4. The van der Waals surface area contributed by atoms with Crippen LogP contribution in [0.1, 0.15) is 60.7 Å². The minimum Gasteiger partial charge on any atom is -0.340 e. The van der Waals surface area contributed by atoms with E-state index in [1.165, 1.54) is 16.9 Å². The Morgan fingerprint density at radius 2 is 1.62 bits per heavy atom. The molecule has 1 aliphatic rings. The Morgan fingerprint density at radius 1 is 0.938 bits per heavy atom.